The fraction of sp³-hybridized carbons (Fsp3) is 0.312. The number of H-pyrrole nitrogens is 1. The van der Waals surface area contributed by atoms with Crippen LogP contribution in [0.1, 0.15) is 22.4 Å². The highest BCUT2D eigenvalue weighted by molar-refractivity contribution is 7.90. The molecule has 0 saturated heterocycles. The number of nitriles is 1. The predicted molar refractivity (Wildman–Crippen MR) is 86.9 cm³/mol. The van der Waals surface area contributed by atoms with Gasteiger partial charge in [0, 0.05) is 37.9 Å². The van der Waals surface area contributed by atoms with Gasteiger partial charge < -0.3 is 0 Å². The quantitative estimate of drug-likeness (QED) is 0.793. The van der Waals surface area contributed by atoms with Crippen molar-refractivity contribution in [3.63, 3.8) is 0 Å². The zero-order valence-electron chi connectivity index (χ0n) is 13.7. The molecule has 2 heterocycles. The molecule has 26 heavy (non-hydrogen) atoms. The molecular weight excluding hydrogens is 366 g/mol. The lowest BCUT2D eigenvalue weighted by Crippen LogP contribution is -2.36. The number of hydrogen-bond acceptors (Lipinski definition) is 6. The maximum Gasteiger partial charge on any atom is 0.256 e. The summed E-state index contributed by atoms with van der Waals surface area (Å²) in [7, 11) is -3.64. The van der Waals surface area contributed by atoms with Crippen molar-refractivity contribution in [2.45, 2.75) is 24.7 Å². The molecule has 1 aliphatic rings. The number of nitrogens with zero attached hydrogens (tertiary/aromatic N) is 3. The molecule has 0 amide bonds. The Labute approximate surface area is 147 Å². The lowest BCUT2D eigenvalue weighted by atomic mass is 10.0. The number of hydrogen-bond donors (Lipinski definition) is 1. The average molecular weight is 380 g/mol. The Kier molecular flexibility index (Phi) is 4.60. The van der Waals surface area contributed by atoms with E-state index in [1.807, 2.05) is 0 Å². The summed E-state index contributed by atoms with van der Waals surface area (Å²) < 4.78 is 51.2. The molecule has 1 aromatic heterocycles. The first-order valence-electron chi connectivity index (χ1n) is 7.61. The Morgan fingerprint density at radius 3 is 2.58 bits per heavy atom. The van der Waals surface area contributed by atoms with E-state index >= 15 is 0 Å². The molecule has 0 saturated carbocycles. The molecular formula is C16H14F2N4O3S. The smallest absolute Gasteiger partial charge is 0.256 e. The topological polar surface area (TPSA) is 107 Å². The molecule has 0 radical (unpaired) electrons. The normalized spacial score (nSPS) is 14.7. The van der Waals surface area contributed by atoms with Crippen molar-refractivity contribution in [1.82, 2.24) is 14.9 Å². The van der Waals surface area contributed by atoms with E-state index in [2.05, 4.69) is 9.97 Å². The second-order valence-electron chi connectivity index (χ2n) is 6.06. The third-order valence-corrected chi connectivity index (χ3v) is 5.02. The van der Waals surface area contributed by atoms with Crippen LogP contribution in [0, 0.1) is 23.0 Å². The third-order valence-electron chi connectivity index (χ3n) is 4.13. The maximum absolute atomic E-state index is 14.0. The van der Waals surface area contributed by atoms with Crippen LogP contribution in [0.4, 0.5) is 8.78 Å². The fourth-order valence-electron chi connectivity index (χ4n) is 2.81. The molecule has 0 atom stereocenters. The third kappa shape index (κ3) is 3.49. The van der Waals surface area contributed by atoms with Gasteiger partial charge in [0.1, 0.15) is 11.6 Å². The summed E-state index contributed by atoms with van der Waals surface area (Å²) in [6, 6.07) is 3.60. The fourth-order valence-corrected chi connectivity index (χ4v) is 3.37. The number of benzene rings is 1. The van der Waals surface area contributed by atoms with Crippen LogP contribution >= 0.6 is 0 Å². The van der Waals surface area contributed by atoms with Crippen LogP contribution in [-0.4, -0.2) is 36.1 Å². The van der Waals surface area contributed by atoms with E-state index in [0.29, 0.717) is 12.2 Å². The molecule has 0 unspecified atom stereocenters. The summed E-state index contributed by atoms with van der Waals surface area (Å²) in [6.45, 7) is 0.349. The summed E-state index contributed by atoms with van der Waals surface area (Å²) in [4.78, 5) is 20.1. The van der Waals surface area contributed by atoms with E-state index in [9.17, 15) is 22.0 Å². The van der Waals surface area contributed by atoms with Crippen LogP contribution < -0.4 is 5.56 Å². The monoisotopic (exact) mass is 380 g/mol. The molecule has 1 aromatic carbocycles. The van der Waals surface area contributed by atoms with Crippen molar-refractivity contribution in [2.24, 2.45) is 0 Å². The minimum atomic E-state index is -3.64. The van der Waals surface area contributed by atoms with Crippen LogP contribution in [0.3, 0.4) is 0 Å². The van der Waals surface area contributed by atoms with Gasteiger partial charge in [-0.3, -0.25) is 14.7 Å². The van der Waals surface area contributed by atoms with Gasteiger partial charge in [-0.15, -0.1) is 0 Å². The molecule has 1 aliphatic heterocycles. The Morgan fingerprint density at radius 2 is 2.00 bits per heavy atom. The predicted octanol–water partition coefficient (Wildman–Crippen LogP) is 0.882. The van der Waals surface area contributed by atoms with Gasteiger partial charge in [0.2, 0.25) is 15.0 Å². The Hall–Kier alpha value is -2.64. The average Bonchev–Trinajstić information content (AvgIpc) is 2.57. The van der Waals surface area contributed by atoms with Crippen molar-refractivity contribution in [2.75, 3.05) is 12.8 Å². The molecule has 0 spiro atoms. The van der Waals surface area contributed by atoms with Crippen LogP contribution in [-0.2, 0) is 29.3 Å². The van der Waals surface area contributed by atoms with Crippen molar-refractivity contribution >= 4 is 9.84 Å². The summed E-state index contributed by atoms with van der Waals surface area (Å²) in [5, 5.41) is 8.35. The van der Waals surface area contributed by atoms with Gasteiger partial charge in [-0.25, -0.2) is 22.2 Å². The summed E-state index contributed by atoms with van der Waals surface area (Å²) in [5.41, 5.74) is -0.239. The van der Waals surface area contributed by atoms with Gasteiger partial charge in [-0.1, -0.05) is 0 Å². The number of halogens is 2. The summed E-state index contributed by atoms with van der Waals surface area (Å²) in [5.74, 6) is -1.65. The number of aromatic amines is 1. The van der Waals surface area contributed by atoms with Crippen molar-refractivity contribution in [1.29, 1.82) is 5.26 Å². The van der Waals surface area contributed by atoms with Crippen molar-refractivity contribution in [3.8, 4) is 6.07 Å². The zero-order chi connectivity index (χ0) is 19.1. The van der Waals surface area contributed by atoms with E-state index in [1.54, 1.807) is 11.0 Å². The van der Waals surface area contributed by atoms with Gasteiger partial charge in [0.05, 0.1) is 22.9 Å². The molecule has 136 valence electrons. The van der Waals surface area contributed by atoms with Crippen LogP contribution in [0.2, 0.25) is 0 Å². The molecule has 0 bridgehead atoms. The number of aromatic nitrogens is 2. The standard InChI is InChI=1S/C16H14F2N4O3S/c1-26(24,25)16-20-14-2-3-22(8-11(14)15(23)21-16)7-10-12(17)4-9(6-19)5-13(10)18/h4-5H,2-3,7-8H2,1H3,(H,20,21,23). The molecule has 3 rings (SSSR count). The summed E-state index contributed by atoms with van der Waals surface area (Å²) >= 11 is 0. The van der Waals surface area contributed by atoms with E-state index < -0.39 is 27.0 Å². The largest absolute Gasteiger partial charge is 0.297 e. The molecule has 10 heteroatoms. The molecule has 0 fully saturated rings. The minimum absolute atomic E-state index is 0.0839. The van der Waals surface area contributed by atoms with E-state index in [4.69, 9.17) is 5.26 Å². The Morgan fingerprint density at radius 1 is 1.35 bits per heavy atom. The second-order valence-corrected chi connectivity index (χ2v) is 7.99. The van der Waals surface area contributed by atoms with Gasteiger partial charge in [0.25, 0.3) is 5.56 Å². The van der Waals surface area contributed by atoms with E-state index in [1.165, 1.54) is 0 Å². The lowest BCUT2D eigenvalue weighted by molar-refractivity contribution is 0.234. The Balaban J connectivity index is 1.89. The van der Waals surface area contributed by atoms with Crippen LogP contribution in [0.25, 0.3) is 0 Å². The molecule has 1 N–H and O–H groups in total. The van der Waals surface area contributed by atoms with Gasteiger partial charge in [0.15, 0.2) is 0 Å². The number of fused-ring (bicyclic) bond motifs is 1. The number of sulfone groups is 1. The first-order valence-corrected chi connectivity index (χ1v) is 9.50. The molecule has 7 nitrogen and oxygen atoms in total. The van der Waals surface area contributed by atoms with Gasteiger partial charge in [-0.2, -0.15) is 5.26 Å². The number of nitrogens with one attached hydrogen (secondary N) is 1. The second kappa shape index (κ2) is 6.59. The molecule has 0 aliphatic carbocycles. The van der Waals surface area contributed by atoms with Gasteiger partial charge >= 0.3 is 0 Å². The van der Waals surface area contributed by atoms with Crippen LogP contribution in [0.15, 0.2) is 22.1 Å². The highest BCUT2D eigenvalue weighted by Gasteiger charge is 2.25. The van der Waals surface area contributed by atoms with E-state index in [0.717, 1.165) is 18.4 Å². The first kappa shape index (κ1) is 18.2. The summed E-state index contributed by atoms with van der Waals surface area (Å²) in [6.07, 6.45) is 1.23. The highest BCUT2D eigenvalue weighted by atomic mass is 32.2. The van der Waals surface area contributed by atoms with Crippen molar-refractivity contribution < 1.29 is 17.2 Å². The van der Waals surface area contributed by atoms with Gasteiger partial charge in [-0.05, 0) is 12.1 Å². The van der Waals surface area contributed by atoms with Crippen molar-refractivity contribution in [3.05, 3.63) is 56.5 Å². The highest BCUT2D eigenvalue weighted by Crippen LogP contribution is 2.21. The maximum atomic E-state index is 14.0. The SMILES string of the molecule is CS(=O)(=O)c1nc2c(c(=O)[nH]1)CN(Cc1c(F)cc(C#N)cc1F)CC2. The minimum Gasteiger partial charge on any atom is -0.297 e. The van der Waals surface area contributed by atoms with E-state index in [-0.39, 0.29) is 41.4 Å². The first-order chi connectivity index (χ1) is 12.2. The molecule has 2 aromatic rings. The van der Waals surface area contributed by atoms with Crippen LogP contribution in [0.5, 0.6) is 0 Å². The zero-order valence-corrected chi connectivity index (χ0v) is 14.5. The number of rotatable bonds is 3. The lowest BCUT2D eigenvalue weighted by Gasteiger charge is -2.27. The Bertz CT molecular complexity index is 1070.